The van der Waals surface area contributed by atoms with Crippen molar-refractivity contribution in [3.8, 4) is 17.6 Å². The summed E-state index contributed by atoms with van der Waals surface area (Å²) in [6.07, 6.45) is 1.03. The third kappa shape index (κ3) is 6.01. The molecule has 10 heteroatoms. The maximum atomic E-state index is 13.0. The topological polar surface area (TPSA) is 110 Å². The van der Waals surface area contributed by atoms with Crippen LogP contribution in [-0.2, 0) is 15.3 Å². The average molecular weight is 531 g/mol. The lowest BCUT2D eigenvalue weighted by Gasteiger charge is -2.19. The van der Waals surface area contributed by atoms with Crippen LogP contribution in [0, 0.1) is 21.4 Å². The van der Waals surface area contributed by atoms with Crippen molar-refractivity contribution in [2.75, 3.05) is 0 Å². The van der Waals surface area contributed by atoms with E-state index in [-0.39, 0.29) is 31.7 Å². The number of nitro groups is 1. The van der Waals surface area contributed by atoms with Crippen LogP contribution in [0.15, 0.2) is 70.5 Å². The Morgan fingerprint density at radius 2 is 1.71 bits per heavy atom. The number of hydrogen-bond donors (Lipinski definition) is 0. The molecule has 0 aromatic heterocycles. The molecule has 0 spiro atoms. The monoisotopic (exact) mass is 530 g/mol. The molecular formula is C25H20Cl2N2O5S. The van der Waals surface area contributed by atoms with Crippen molar-refractivity contribution >= 4 is 44.8 Å². The molecule has 180 valence electrons. The van der Waals surface area contributed by atoms with Crippen LogP contribution in [0.1, 0.15) is 31.9 Å². The Kier molecular flexibility index (Phi) is 7.56. The maximum Gasteiger partial charge on any atom is 0.312 e. The van der Waals surface area contributed by atoms with Gasteiger partial charge in [0.1, 0.15) is 16.7 Å². The number of rotatable bonds is 6. The summed E-state index contributed by atoms with van der Waals surface area (Å²) in [6, 6.07) is 16.6. The molecule has 0 aliphatic carbocycles. The Morgan fingerprint density at radius 3 is 2.29 bits per heavy atom. The molecule has 0 aliphatic heterocycles. The van der Waals surface area contributed by atoms with Crippen molar-refractivity contribution in [1.82, 2.24) is 0 Å². The van der Waals surface area contributed by atoms with Gasteiger partial charge in [-0.3, -0.25) is 10.1 Å². The lowest BCUT2D eigenvalue weighted by Crippen LogP contribution is -2.10. The van der Waals surface area contributed by atoms with Crippen molar-refractivity contribution in [2.45, 2.75) is 31.1 Å². The van der Waals surface area contributed by atoms with Gasteiger partial charge in [-0.15, -0.1) is 0 Å². The fourth-order valence-electron chi connectivity index (χ4n) is 3.13. The van der Waals surface area contributed by atoms with E-state index in [1.165, 1.54) is 24.3 Å². The van der Waals surface area contributed by atoms with Gasteiger partial charge in [0.05, 0.1) is 14.8 Å². The predicted molar refractivity (Wildman–Crippen MR) is 136 cm³/mol. The fraction of sp³-hybridized carbons (Fsp3) is 0.160. The molecule has 0 amide bonds. The number of allylic oxidation sites excluding steroid dienone is 1. The van der Waals surface area contributed by atoms with Gasteiger partial charge >= 0.3 is 5.69 Å². The quantitative estimate of drug-likeness (QED) is 0.187. The average Bonchev–Trinajstić information content (AvgIpc) is 2.79. The van der Waals surface area contributed by atoms with E-state index < -0.39 is 25.4 Å². The predicted octanol–water partition coefficient (Wildman–Crippen LogP) is 7.33. The standard InChI is InChI=1S/C25H20Cl2N2O5S/c1-25(2,3)17-5-8-19(9-6-17)34-23-11-4-16(13-22(23)29(30)31)12-20(15-28)35(32,33)24-14-18(26)7-10-21(24)27/h4-14H,1-3H3. The van der Waals surface area contributed by atoms with Crippen LogP contribution in [0.3, 0.4) is 0 Å². The van der Waals surface area contributed by atoms with Crippen LogP contribution >= 0.6 is 23.2 Å². The first kappa shape index (κ1) is 26.2. The number of sulfone groups is 1. The van der Waals surface area contributed by atoms with Gasteiger partial charge in [-0.25, -0.2) is 8.42 Å². The van der Waals surface area contributed by atoms with Gasteiger partial charge in [-0.1, -0.05) is 62.2 Å². The van der Waals surface area contributed by atoms with Gasteiger partial charge in [0.25, 0.3) is 0 Å². The molecule has 35 heavy (non-hydrogen) atoms. The smallest absolute Gasteiger partial charge is 0.312 e. The zero-order valence-corrected chi connectivity index (χ0v) is 21.3. The molecule has 0 heterocycles. The molecule has 0 bridgehead atoms. The van der Waals surface area contributed by atoms with E-state index in [0.717, 1.165) is 23.8 Å². The van der Waals surface area contributed by atoms with Crippen molar-refractivity contribution < 1.29 is 18.1 Å². The highest BCUT2D eigenvalue weighted by Crippen LogP contribution is 2.35. The minimum absolute atomic E-state index is 0.0325. The van der Waals surface area contributed by atoms with Gasteiger partial charge in [0.2, 0.25) is 15.6 Å². The summed E-state index contributed by atoms with van der Waals surface area (Å²) in [5.41, 5.74) is 0.733. The van der Waals surface area contributed by atoms with E-state index in [1.54, 1.807) is 18.2 Å². The summed E-state index contributed by atoms with van der Waals surface area (Å²) in [5, 5.41) is 21.2. The van der Waals surface area contributed by atoms with Crippen LogP contribution in [0.2, 0.25) is 10.0 Å². The zero-order valence-electron chi connectivity index (χ0n) is 19.0. The van der Waals surface area contributed by atoms with Crippen molar-refractivity contribution in [2.24, 2.45) is 0 Å². The zero-order chi connectivity index (χ0) is 26.0. The van der Waals surface area contributed by atoms with Gasteiger partial charge in [0.15, 0.2) is 0 Å². The van der Waals surface area contributed by atoms with E-state index in [9.17, 15) is 23.8 Å². The number of ether oxygens (including phenoxy) is 1. The Morgan fingerprint density at radius 1 is 1.06 bits per heavy atom. The molecule has 7 nitrogen and oxygen atoms in total. The number of halogens is 2. The second kappa shape index (κ2) is 10.1. The Balaban J connectivity index is 1.99. The molecule has 0 unspecified atom stereocenters. The number of benzene rings is 3. The minimum Gasteiger partial charge on any atom is -0.450 e. The van der Waals surface area contributed by atoms with Crippen molar-refractivity contribution in [3.63, 3.8) is 0 Å². The van der Waals surface area contributed by atoms with E-state index in [0.29, 0.717) is 5.75 Å². The molecule has 0 aliphatic rings. The maximum absolute atomic E-state index is 13.0. The number of nitrogens with zero attached hydrogens (tertiary/aromatic N) is 2. The van der Waals surface area contributed by atoms with Gasteiger partial charge in [0, 0.05) is 11.1 Å². The van der Waals surface area contributed by atoms with Crippen LogP contribution in [-0.4, -0.2) is 13.3 Å². The molecule has 0 saturated heterocycles. The lowest BCUT2D eigenvalue weighted by molar-refractivity contribution is -0.385. The molecule has 0 saturated carbocycles. The molecule has 3 aromatic carbocycles. The first-order valence-electron chi connectivity index (χ1n) is 10.2. The first-order valence-corrected chi connectivity index (χ1v) is 12.5. The van der Waals surface area contributed by atoms with E-state index in [1.807, 2.05) is 12.1 Å². The summed E-state index contributed by atoms with van der Waals surface area (Å²) < 4.78 is 31.7. The minimum atomic E-state index is -4.33. The van der Waals surface area contributed by atoms with Crippen LogP contribution < -0.4 is 4.74 Å². The summed E-state index contributed by atoms with van der Waals surface area (Å²) in [7, 11) is -4.33. The largest absolute Gasteiger partial charge is 0.450 e. The van der Waals surface area contributed by atoms with Crippen LogP contribution in [0.5, 0.6) is 11.5 Å². The summed E-state index contributed by atoms with van der Waals surface area (Å²) in [5.74, 6) is 0.371. The molecule has 0 radical (unpaired) electrons. The second-order valence-electron chi connectivity index (χ2n) is 8.56. The first-order chi connectivity index (χ1) is 16.3. The summed E-state index contributed by atoms with van der Waals surface area (Å²) in [4.78, 5) is 10.1. The number of nitriles is 1. The Bertz CT molecular complexity index is 1470. The highest BCUT2D eigenvalue weighted by molar-refractivity contribution is 7.95. The third-order valence-corrected chi connectivity index (χ3v) is 7.39. The van der Waals surface area contributed by atoms with Crippen molar-refractivity contribution in [3.05, 3.63) is 96.9 Å². The molecule has 0 N–H and O–H groups in total. The Labute approximate surface area is 213 Å². The van der Waals surface area contributed by atoms with E-state index >= 15 is 0 Å². The van der Waals surface area contributed by atoms with E-state index in [2.05, 4.69) is 20.8 Å². The van der Waals surface area contributed by atoms with E-state index in [4.69, 9.17) is 27.9 Å². The Hall–Kier alpha value is -3.38. The van der Waals surface area contributed by atoms with Crippen LogP contribution in [0.4, 0.5) is 5.69 Å². The highest BCUT2D eigenvalue weighted by atomic mass is 35.5. The summed E-state index contributed by atoms with van der Waals surface area (Å²) in [6.45, 7) is 6.20. The number of nitro benzene ring substituents is 1. The molecule has 3 aromatic rings. The lowest BCUT2D eigenvalue weighted by atomic mass is 9.87. The van der Waals surface area contributed by atoms with Gasteiger partial charge in [-0.2, -0.15) is 5.26 Å². The van der Waals surface area contributed by atoms with Crippen molar-refractivity contribution in [1.29, 1.82) is 5.26 Å². The SMILES string of the molecule is CC(C)(C)c1ccc(Oc2ccc(C=C(C#N)S(=O)(=O)c3cc(Cl)ccc3Cl)cc2[N+](=O)[O-])cc1. The number of hydrogen-bond acceptors (Lipinski definition) is 6. The third-order valence-electron chi connectivity index (χ3n) is 5.01. The molecule has 0 atom stereocenters. The summed E-state index contributed by atoms with van der Waals surface area (Å²) >= 11 is 11.9. The van der Waals surface area contributed by atoms with Gasteiger partial charge in [-0.05, 0) is 59.0 Å². The van der Waals surface area contributed by atoms with Crippen LogP contribution in [0.25, 0.3) is 6.08 Å². The van der Waals surface area contributed by atoms with Gasteiger partial charge < -0.3 is 4.74 Å². The second-order valence-corrected chi connectivity index (χ2v) is 11.3. The fourth-order valence-corrected chi connectivity index (χ4v) is 5.04. The normalized spacial score (nSPS) is 12.2. The highest BCUT2D eigenvalue weighted by Gasteiger charge is 2.25. The molecule has 3 rings (SSSR count). The molecule has 0 fully saturated rings. The molecular weight excluding hydrogens is 511 g/mol.